The molecule has 0 spiro atoms. The predicted octanol–water partition coefficient (Wildman–Crippen LogP) is 1.69. The Hall–Kier alpha value is -1.69. The maximum atomic E-state index is 11.2. The van der Waals surface area contributed by atoms with E-state index < -0.39 is 0 Å². The molecule has 0 aliphatic carbocycles. The van der Waals surface area contributed by atoms with Crippen LogP contribution in [0.4, 0.5) is 5.69 Å². The molecule has 0 saturated carbocycles. The Bertz CT molecular complexity index is 616. The Labute approximate surface area is 112 Å². The number of hydrogen-bond acceptors (Lipinski definition) is 4. The van der Waals surface area contributed by atoms with Gasteiger partial charge >= 0.3 is 0 Å². The number of nitrogens with one attached hydrogen (secondary N) is 2. The lowest BCUT2D eigenvalue weighted by atomic mass is 10.2. The summed E-state index contributed by atoms with van der Waals surface area (Å²) >= 11 is 3.38. The van der Waals surface area contributed by atoms with E-state index in [0.717, 1.165) is 21.2 Å². The lowest BCUT2D eigenvalue weighted by Crippen LogP contribution is -2.22. The second kappa shape index (κ2) is 4.53. The molecule has 1 atom stereocenters. The first-order valence-electron chi connectivity index (χ1n) is 5.66. The molecule has 0 radical (unpaired) electrons. The number of amides is 1. The van der Waals surface area contributed by atoms with Crippen molar-refractivity contribution in [1.82, 2.24) is 15.3 Å². The molecule has 2 aromatic rings. The van der Waals surface area contributed by atoms with E-state index in [1.54, 1.807) is 12.4 Å². The van der Waals surface area contributed by atoms with Gasteiger partial charge in [0.05, 0.1) is 17.2 Å². The molecular formula is C12H11BrN4O. The van der Waals surface area contributed by atoms with E-state index >= 15 is 0 Å². The van der Waals surface area contributed by atoms with Crippen molar-refractivity contribution in [3.8, 4) is 0 Å². The Morgan fingerprint density at radius 1 is 1.44 bits per heavy atom. The smallest absolute Gasteiger partial charge is 0.222 e. The summed E-state index contributed by atoms with van der Waals surface area (Å²) < 4.78 is 0.900. The Kier molecular flexibility index (Phi) is 2.87. The second-order valence-electron chi connectivity index (χ2n) is 4.23. The number of anilines is 1. The SMILES string of the molecule is O=C1CC(Nc2ccnc3cc(Br)cnc23)CN1. The fourth-order valence-electron chi connectivity index (χ4n) is 2.05. The molecule has 0 aromatic carbocycles. The van der Waals surface area contributed by atoms with Crippen LogP contribution in [0.25, 0.3) is 11.0 Å². The van der Waals surface area contributed by atoms with Gasteiger partial charge in [-0.3, -0.25) is 14.8 Å². The summed E-state index contributed by atoms with van der Waals surface area (Å²) in [5.41, 5.74) is 2.56. The topological polar surface area (TPSA) is 66.9 Å². The van der Waals surface area contributed by atoms with Crippen molar-refractivity contribution in [2.45, 2.75) is 12.5 Å². The average Bonchev–Trinajstić information content (AvgIpc) is 2.75. The number of halogens is 1. The molecule has 1 amide bonds. The van der Waals surface area contributed by atoms with Crippen LogP contribution >= 0.6 is 15.9 Å². The molecule has 1 fully saturated rings. The molecule has 18 heavy (non-hydrogen) atoms. The third-order valence-corrected chi connectivity index (χ3v) is 3.31. The van der Waals surface area contributed by atoms with Gasteiger partial charge in [0.1, 0.15) is 5.52 Å². The average molecular weight is 307 g/mol. The Balaban J connectivity index is 1.94. The standard InChI is InChI=1S/C12H11BrN4O/c13-7-3-10-12(16-5-7)9(1-2-14-10)17-8-4-11(18)15-6-8/h1-3,5,8H,4,6H2,(H,14,17)(H,15,18). The van der Waals surface area contributed by atoms with Gasteiger partial charge in [-0.1, -0.05) is 0 Å². The van der Waals surface area contributed by atoms with Crippen LogP contribution in [0, 0.1) is 0 Å². The molecule has 3 rings (SSSR count). The molecule has 1 unspecified atom stereocenters. The fraction of sp³-hybridized carbons (Fsp3) is 0.250. The number of nitrogens with zero attached hydrogens (tertiary/aromatic N) is 2. The highest BCUT2D eigenvalue weighted by atomic mass is 79.9. The van der Waals surface area contributed by atoms with Gasteiger partial charge in [0, 0.05) is 29.8 Å². The minimum Gasteiger partial charge on any atom is -0.378 e. The van der Waals surface area contributed by atoms with Gasteiger partial charge in [-0.05, 0) is 28.1 Å². The van der Waals surface area contributed by atoms with Crippen molar-refractivity contribution in [2.24, 2.45) is 0 Å². The van der Waals surface area contributed by atoms with E-state index in [1.807, 2.05) is 12.1 Å². The van der Waals surface area contributed by atoms with Gasteiger partial charge in [-0.15, -0.1) is 0 Å². The maximum absolute atomic E-state index is 11.2. The zero-order chi connectivity index (χ0) is 12.5. The van der Waals surface area contributed by atoms with Crippen LogP contribution in [0.3, 0.4) is 0 Å². The highest BCUT2D eigenvalue weighted by Gasteiger charge is 2.21. The van der Waals surface area contributed by atoms with Crippen molar-refractivity contribution in [2.75, 3.05) is 11.9 Å². The third kappa shape index (κ3) is 2.15. The number of hydrogen-bond donors (Lipinski definition) is 2. The summed E-state index contributed by atoms with van der Waals surface area (Å²) in [6.45, 7) is 0.652. The van der Waals surface area contributed by atoms with E-state index in [2.05, 4.69) is 36.5 Å². The first-order chi connectivity index (χ1) is 8.72. The number of pyridine rings is 2. The van der Waals surface area contributed by atoms with Crippen LogP contribution in [-0.4, -0.2) is 28.5 Å². The molecule has 92 valence electrons. The summed E-state index contributed by atoms with van der Waals surface area (Å²) in [4.78, 5) is 19.8. The zero-order valence-corrected chi connectivity index (χ0v) is 11.1. The van der Waals surface area contributed by atoms with E-state index in [0.29, 0.717) is 13.0 Å². The Morgan fingerprint density at radius 2 is 2.33 bits per heavy atom. The molecule has 1 saturated heterocycles. The third-order valence-electron chi connectivity index (χ3n) is 2.88. The fourth-order valence-corrected chi connectivity index (χ4v) is 2.37. The number of carbonyl (C=O) groups excluding carboxylic acids is 1. The van der Waals surface area contributed by atoms with Gasteiger partial charge in [-0.25, -0.2) is 0 Å². The summed E-state index contributed by atoms with van der Waals surface area (Å²) in [7, 11) is 0. The van der Waals surface area contributed by atoms with Crippen LogP contribution in [0.1, 0.15) is 6.42 Å². The molecule has 0 bridgehead atoms. The normalized spacial score (nSPS) is 18.9. The van der Waals surface area contributed by atoms with Gasteiger partial charge < -0.3 is 10.6 Å². The second-order valence-corrected chi connectivity index (χ2v) is 5.14. The molecule has 3 heterocycles. The predicted molar refractivity (Wildman–Crippen MR) is 72.3 cm³/mol. The summed E-state index contributed by atoms with van der Waals surface area (Å²) in [5, 5.41) is 6.13. The summed E-state index contributed by atoms with van der Waals surface area (Å²) in [6.07, 6.45) is 3.98. The molecule has 5 nitrogen and oxygen atoms in total. The van der Waals surface area contributed by atoms with Crippen molar-refractivity contribution >= 4 is 38.6 Å². The lowest BCUT2D eigenvalue weighted by molar-refractivity contribution is -0.119. The van der Waals surface area contributed by atoms with Crippen LogP contribution in [0.5, 0.6) is 0 Å². The number of aromatic nitrogens is 2. The summed E-state index contributed by atoms with van der Waals surface area (Å²) in [6, 6.07) is 3.92. The molecule has 2 aromatic heterocycles. The molecule has 2 N–H and O–H groups in total. The quantitative estimate of drug-likeness (QED) is 0.886. The van der Waals surface area contributed by atoms with Crippen molar-refractivity contribution in [3.05, 3.63) is 29.0 Å². The van der Waals surface area contributed by atoms with Gasteiger partial charge in [0.2, 0.25) is 5.91 Å². The first-order valence-corrected chi connectivity index (χ1v) is 6.45. The summed E-state index contributed by atoms with van der Waals surface area (Å²) in [5.74, 6) is 0.0848. The highest BCUT2D eigenvalue weighted by molar-refractivity contribution is 9.10. The molecule has 1 aliphatic heterocycles. The van der Waals surface area contributed by atoms with Crippen molar-refractivity contribution in [1.29, 1.82) is 0 Å². The Morgan fingerprint density at radius 3 is 3.11 bits per heavy atom. The van der Waals surface area contributed by atoms with Crippen LogP contribution < -0.4 is 10.6 Å². The molecular weight excluding hydrogens is 296 g/mol. The van der Waals surface area contributed by atoms with E-state index in [1.165, 1.54) is 0 Å². The maximum Gasteiger partial charge on any atom is 0.222 e. The van der Waals surface area contributed by atoms with Gasteiger partial charge in [-0.2, -0.15) is 0 Å². The van der Waals surface area contributed by atoms with Crippen LogP contribution in [-0.2, 0) is 4.79 Å². The van der Waals surface area contributed by atoms with Crippen LogP contribution in [0.15, 0.2) is 29.0 Å². The molecule has 6 heteroatoms. The number of rotatable bonds is 2. The van der Waals surface area contributed by atoms with E-state index in [-0.39, 0.29) is 11.9 Å². The zero-order valence-electron chi connectivity index (χ0n) is 9.48. The number of carbonyl (C=O) groups is 1. The van der Waals surface area contributed by atoms with Gasteiger partial charge in [0.25, 0.3) is 0 Å². The van der Waals surface area contributed by atoms with Crippen molar-refractivity contribution < 1.29 is 4.79 Å². The van der Waals surface area contributed by atoms with E-state index in [9.17, 15) is 4.79 Å². The lowest BCUT2D eigenvalue weighted by Gasteiger charge is -2.13. The largest absolute Gasteiger partial charge is 0.378 e. The van der Waals surface area contributed by atoms with Crippen LogP contribution in [0.2, 0.25) is 0 Å². The monoisotopic (exact) mass is 306 g/mol. The van der Waals surface area contributed by atoms with Crippen molar-refractivity contribution in [3.63, 3.8) is 0 Å². The first kappa shape index (κ1) is 11.4. The van der Waals surface area contributed by atoms with Gasteiger partial charge in [0.15, 0.2) is 0 Å². The minimum atomic E-state index is 0.0848. The minimum absolute atomic E-state index is 0.0848. The highest BCUT2D eigenvalue weighted by Crippen LogP contribution is 2.23. The number of fused-ring (bicyclic) bond motifs is 1. The van der Waals surface area contributed by atoms with E-state index in [4.69, 9.17) is 0 Å². The molecule has 1 aliphatic rings.